The van der Waals surface area contributed by atoms with Crippen molar-refractivity contribution in [2.75, 3.05) is 11.9 Å². The number of benzene rings is 2. The van der Waals surface area contributed by atoms with Crippen LogP contribution < -0.4 is 4.90 Å². The lowest BCUT2D eigenvalue weighted by atomic mass is 10.1. The lowest BCUT2D eigenvalue weighted by Gasteiger charge is -2.22. The molecule has 0 radical (unpaired) electrons. The first kappa shape index (κ1) is 14.4. The molecule has 4 heteroatoms. The Morgan fingerprint density at radius 3 is 2.47 bits per heavy atom. The molecule has 19 heavy (non-hydrogen) atoms. The number of halogens is 3. The zero-order valence-electron chi connectivity index (χ0n) is 10.5. The number of nitrogens with zero attached hydrogens (tertiary/aromatic N) is 1. The molecule has 0 spiro atoms. The third kappa shape index (κ3) is 3.71. The minimum Gasteiger partial charge on any atom is -0.370 e. The van der Waals surface area contributed by atoms with Crippen LogP contribution in [0, 0.1) is 5.82 Å². The average Bonchev–Trinajstić information content (AvgIpc) is 2.41. The smallest absolute Gasteiger partial charge is 0.123 e. The van der Waals surface area contributed by atoms with Crippen molar-refractivity contribution in [2.24, 2.45) is 0 Å². The van der Waals surface area contributed by atoms with E-state index < -0.39 is 0 Å². The second-order valence-corrected chi connectivity index (χ2v) is 5.39. The Balaban J connectivity index is 2.21. The molecule has 1 nitrogen and oxygen atoms in total. The molecule has 0 unspecified atom stereocenters. The summed E-state index contributed by atoms with van der Waals surface area (Å²) in [7, 11) is 2.00. The highest BCUT2D eigenvalue weighted by atomic mass is 79.9. The van der Waals surface area contributed by atoms with Gasteiger partial charge in [0.25, 0.3) is 0 Å². The molecule has 0 aliphatic heterocycles. The fourth-order valence-electron chi connectivity index (χ4n) is 1.95. The van der Waals surface area contributed by atoms with Crippen LogP contribution in [-0.2, 0) is 11.9 Å². The maximum Gasteiger partial charge on any atom is 0.123 e. The summed E-state index contributed by atoms with van der Waals surface area (Å²) in [4.78, 5) is 2.11. The average molecular weight is 343 g/mol. The van der Waals surface area contributed by atoms with Gasteiger partial charge in [0.15, 0.2) is 0 Å². The monoisotopic (exact) mass is 341 g/mol. The third-order valence-electron chi connectivity index (χ3n) is 2.94. The molecule has 2 aromatic rings. The Bertz CT molecular complexity index is 557. The molecule has 0 aliphatic rings. The van der Waals surface area contributed by atoms with Crippen LogP contribution in [0.4, 0.5) is 10.1 Å². The fourth-order valence-corrected chi connectivity index (χ4v) is 2.59. The van der Waals surface area contributed by atoms with E-state index in [1.54, 1.807) is 12.1 Å². The number of anilines is 1. The van der Waals surface area contributed by atoms with Crippen molar-refractivity contribution < 1.29 is 4.39 Å². The van der Waals surface area contributed by atoms with Crippen molar-refractivity contribution in [3.05, 3.63) is 64.4 Å². The summed E-state index contributed by atoms with van der Waals surface area (Å²) in [5.41, 5.74) is 3.31. The number of hydrogen-bond donors (Lipinski definition) is 0. The summed E-state index contributed by atoms with van der Waals surface area (Å²) in [6, 6.07) is 12.4. The van der Waals surface area contributed by atoms with Crippen molar-refractivity contribution in [1.29, 1.82) is 0 Å². The number of rotatable bonds is 4. The largest absolute Gasteiger partial charge is 0.370 e. The normalized spacial score (nSPS) is 10.5. The molecule has 2 rings (SSSR count). The van der Waals surface area contributed by atoms with Gasteiger partial charge in [-0.15, -0.1) is 0 Å². The van der Waals surface area contributed by atoms with E-state index in [1.807, 2.05) is 25.2 Å². The maximum atomic E-state index is 12.9. The maximum absolute atomic E-state index is 12.9. The molecule has 0 heterocycles. The predicted molar refractivity (Wildman–Crippen MR) is 82.6 cm³/mol. The van der Waals surface area contributed by atoms with Crippen LogP contribution in [0.25, 0.3) is 0 Å². The zero-order chi connectivity index (χ0) is 13.8. The highest BCUT2D eigenvalue weighted by molar-refractivity contribution is 9.08. The van der Waals surface area contributed by atoms with Crippen LogP contribution in [0.15, 0.2) is 42.5 Å². The van der Waals surface area contributed by atoms with Gasteiger partial charge < -0.3 is 4.90 Å². The van der Waals surface area contributed by atoms with Crippen molar-refractivity contribution in [1.82, 2.24) is 0 Å². The Hall–Kier alpha value is -1.06. The summed E-state index contributed by atoms with van der Waals surface area (Å²) in [5, 5.41) is 1.48. The van der Waals surface area contributed by atoms with Crippen LogP contribution in [0.1, 0.15) is 11.1 Å². The molecule has 0 saturated carbocycles. The van der Waals surface area contributed by atoms with E-state index >= 15 is 0 Å². The van der Waals surface area contributed by atoms with Crippen LogP contribution in [-0.4, -0.2) is 7.05 Å². The first-order chi connectivity index (χ1) is 9.10. The zero-order valence-corrected chi connectivity index (χ0v) is 12.9. The first-order valence-electron chi connectivity index (χ1n) is 5.90. The molecule has 0 saturated heterocycles. The van der Waals surface area contributed by atoms with E-state index in [9.17, 15) is 4.39 Å². The van der Waals surface area contributed by atoms with Crippen molar-refractivity contribution in [3.8, 4) is 0 Å². The molecule has 0 atom stereocenters. The van der Waals surface area contributed by atoms with Gasteiger partial charge in [-0.2, -0.15) is 0 Å². The molecule has 0 bridgehead atoms. The number of hydrogen-bond acceptors (Lipinski definition) is 1. The molecule has 0 fully saturated rings. The Morgan fingerprint density at radius 1 is 1.16 bits per heavy atom. The second kappa shape index (κ2) is 6.40. The van der Waals surface area contributed by atoms with Crippen molar-refractivity contribution in [3.63, 3.8) is 0 Å². The first-order valence-corrected chi connectivity index (χ1v) is 7.40. The van der Waals surface area contributed by atoms with E-state index in [2.05, 4.69) is 20.8 Å². The van der Waals surface area contributed by atoms with E-state index in [4.69, 9.17) is 11.6 Å². The molecule has 0 aromatic heterocycles. The Morgan fingerprint density at radius 2 is 1.84 bits per heavy atom. The molecule has 2 aromatic carbocycles. The summed E-state index contributed by atoms with van der Waals surface area (Å²) >= 11 is 9.53. The summed E-state index contributed by atoms with van der Waals surface area (Å²) in [5.74, 6) is -0.213. The Labute approximate surface area is 126 Å². The lowest BCUT2D eigenvalue weighted by molar-refractivity contribution is 0.627. The van der Waals surface area contributed by atoms with Crippen molar-refractivity contribution in [2.45, 2.75) is 11.9 Å². The van der Waals surface area contributed by atoms with Gasteiger partial charge in [-0.05, 0) is 35.4 Å². The van der Waals surface area contributed by atoms with Gasteiger partial charge in [0, 0.05) is 29.6 Å². The van der Waals surface area contributed by atoms with Gasteiger partial charge >= 0.3 is 0 Å². The quantitative estimate of drug-likeness (QED) is 0.706. The Kier molecular flexibility index (Phi) is 4.83. The van der Waals surface area contributed by atoms with Crippen LogP contribution >= 0.6 is 27.5 Å². The third-order valence-corrected chi connectivity index (χ3v) is 3.77. The van der Waals surface area contributed by atoms with Gasteiger partial charge in [-0.25, -0.2) is 4.39 Å². The van der Waals surface area contributed by atoms with Gasteiger partial charge in [0.2, 0.25) is 0 Å². The van der Waals surface area contributed by atoms with E-state index in [0.717, 1.165) is 16.6 Å². The van der Waals surface area contributed by atoms with E-state index in [0.29, 0.717) is 11.6 Å². The molecule has 100 valence electrons. The fraction of sp³-hybridized carbons (Fsp3) is 0.200. The lowest BCUT2D eigenvalue weighted by Crippen LogP contribution is -2.17. The van der Waals surface area contributed by atoms with Crippen molar-refractivity contribution >= 4 is 33.2 Å². The van der Waals surface area contributed by atoms with Gasteiger partial charge in [-0.3, -0.25) is 0 Å². The van der Waals surface area contributed by atoms with Crippen LogP contribution in [0.2, 0.25) is 5.02 Å². The minimum atomic E-state index is -0.213. The molecular weight excluding hydrogens is 329 g/mol. The molecule has 0 N–H and O–H groups in total. The highest BCUT2D eigenvalue weighted by Crippen LogP contribution is 2.27. The van der Waals surface area contributed by atoms with Crippen LogP contribution in [0.3, 0.4) is 0 Å². The predicted octanol–water partition coefficient (Wildman–Crippen LogP) is 5.01. The summed E-state index contributed by atoms with van der Waals surface area (Å²) in [6.07, 6.45) is 0. The topological polar surface area (TPSA) is 3.24 Å². The molecule has 0 aliphatic carbocycles. The molecular formula is C15H14BrClFN. The summed E-state index contributed by atoms with van der Waals surface area (Å²) < 4.78 is 12.9. The second-order valence-electron chi connectivity index (χ2n) is 4.39. The SMILES string of the molecule is CN(Cc1ccc(F)cc1)c1cc(Cl)ccc1CBr. The minimum absolute atomic E-state index is 0.213. The molecule has 0 amide bonds. The van der Waals surface area contributed by atoms with Gasteiger partial charge in [0.1, 0.15) is 5.82 Å². The summed E-state index contributed by atoms with van der Waals surface area (Å²) in [6.45, 7) is 0.709. The van der Waals surface area contributed by atoms with E-state index in [1.165, 1.54) is 17.7 Å². The standard InChI is InChI=1S/C15H14BrClFN/c1-19(10-11-2-6-14(18)7-3-11)15-8-13(17)5-4-12(15)9-16/h2-8H,9-10H2,1H3. The van der Waals surface area contributed by atoms with Gasteiger partial charge in [0.05, 0.1) is 0 Å². The highest BCUT2D eigenvalue weighted by Gasteiger charge is 2.08. The number of alkyl halides is 1. The van der Waals surface area contributed by atoms with Crippen LogP contribution in [0.5, 0.6) is 0 Å². The van der Waals surface area contributed by atoms with Gasteiger partial charge in [-0.1, -0.05) is 45.7 Å². The van der Waals surface area contributed by atoms with E-state index in [-0.39, 0.29) is 5.82 Å².